The Bertz CT molecular complexity index is 1480. The van der Waals surface area contributed by atoms with Gasteiger partial charge in [-0.1, -0.05) is 42.0 Å². The SMILES string of the molecule is Cc1ccc(CNC(=O)CCCn2c(=O)c3sccc3n(Cc3ccc([N+](=O)[O-])cc3)c2=O)cc1. The van der Waals surface area contributed by atoms with E-state index in [1.165, 1.54) is 28.0 Å². The Morgan fingerprint density at radius 2 is 1.69 bits per heavy atom. The van der Waals surface area contributed by atoms with Gasteiger partial charge in [-0.2, -0.15) is 0 Å². The third-order valence-electron chi connectivity index (χ3n) is 5.72. The van der Waals surface area contributed by atoms with E-state index < -0.39 is 10.6 Å². The molecule has 0 atom stereocenters. The average molecular weight is 493 g/mol. The lowest BCUT2D eigenvalue weighted by molar-refractivity contribution is -0.384. The van der Waals surface area contributed by atoms with Crippen LogP contribution in [0.3, 0.4) is 0 Å². The van der Waals surface area contributed by atoms with E-state index in [0.717, 1.165) is 15.7 Å². The molecular weight excluding hydrogens is 468 g/mol. The molecule has 0 aliphatic heterocycles. The average Bonchev–Trinajstić information content (AvgIpc) is 3.34. The molecular formula is C25H24N4O5S. The Labute approximate surface area is 204 Å². The van der Waals surface area contributed by atoms with Crippen molar-refractivity contribution in [2.45, 2.75) is 39.4 Å². The molecule has 0 saturated carbocycles. The number of carbonyl (C=O) groups is 1. The highest BCUT2D eigenvalue weighted by atomic mass is 32.1. The lowest BCUT2D eigenvalue weighted by atomic mass is 10.1. The lowest BCUT2D eigenvalue weighted by Crippen LogP contribution is -2.40. The van der Waals surface area contributed by atoms with E-state index in [1.807, 2.05) is 31.2 Å². The zero-order valence-electron chi connectivity index (χ0n) is 19.1. The molecule has 2 heterocycles. The van der Waals surface area contributed by atoms with Gasteiger partial charge >= 0.3 is 5.69 Å². The summed E-state index contributed by atoms with van der Waals surface area (Å²) < 4.78 is 3.11. The Morgan fingerprint density at radius 1 is 1.00 bits per heavy atom. The summed E-state index contributed by atoms with van der Waals surface area (Å²) in [5.41, 5.74) is 2.48. The maximum atomic E-state index is 13.2. The molecule has 0 unspecified atom stereocenters. The van der Waals surface area contributed by atoms with Gasteiger partial charge in [-0.15, -0.1) is 11.3 Å². The molecule has 0 saturated heterocycles. The number of carbonyl (C=O) groups excluding carboxylic acids is 1. The van der Waals surface area contributed by atoms with Gasteiger partial charge in [0.25, 0.3) is 11.2 Å². The standard InChI is InChI=1S/C25H24N4O5S/c1-17-4-6-18(7-5-17)15-26-22(30)3-2-13-27-24(31)23-21(12-14-35-23)28(25(27)32)16-19-8-10-20(11-9-19)29(33)34/h4-12,14H,2-3,13,15-16H2,1H3,(H,26,30). The second-order valence-corrected chi connectivity index (χ2v) is 9.17. The number of rotatable bonds is 9. The minimum Gasteiger partial charge on any atom is -0.352 e. The number of thiophene rings is 1. The monoisotopic (exact) mass is 492 g/mol. The largest absolute Gasteiger partial charge is 0.352 e. The molecule has 0 radical (unpaired) electrons. The van der Waals surface area contributed by atoms with Crippen molar-refractivity contribution in [1.29, 1.82) is 0 Å². The molecule has 1 amide bonds. The fraction of sp³-hybridized carbons (Fsp3) is 0.240. The van der Waals surface area contributed by atoms with Crippen molar-refractivity contribution in [3.05, 3.63) is 108 Å². The van der Waals surface area contributed by atoms with Crippen LogP contribution in [0.2, 0.25) is 0 Å². The zero-order valence-corrected chi connectivity index (χ0v) is 19.9. The Balaban J connectivity index is 1.47. The second-order valence-electron chi connectivity index (χ2n) is 8.25. The predicted molar refractivity (Wildman–Crippen MR) is 135 cm³/mol. The van der Waals surface area contributed by atoms with Gasteiger partial charge in [0.2, 0.25) is 5.91 Å². The van der Waals surface area contributed by atoms with Gasteiger partial charge in [0, 0.05) is 31.6 Å². The summed E-state index contributed by atoms with van der Waals surface area (Å²) in [7, 11) is 0. The predicted octanol–water partition coefficient (Wildman–Crippen LogP) is 3.59. The van der Waals surface area contributed by atoms with E-state index in [0.29, 0.717) is 28.7 Å². The van der Waals surface area contributed by atoms with Gasteiger partial charge in [0.15, 0.2) is 0 Å². The van der Waals surface area contributed by atoms with Crippen LogP contribution >= 0.6 is 11.3 Å². The summed E-state index contributed by atoms with van der Waals surface area (Å²) >= 11 is 1.25. The number of nitrogens with one attached hydrogen (secondary N) is 1. The van der Waals surface area contributed by atoms with Crippen LogP contribution in [0.25, 0.3) is 10.2 Å². The van der Waals surface area contributed by atoms with Crippen LogP contribution < -0.4 is 16.6 Å². The molecule has 0 aliphatic rings. The van der Waals surface area contributed by atoms with Gasteiger partial charge in [-0.25, -0.2) is 4.79 Å². The molecule has 10 heteroatoms. The van der Waals surface area contributed by atoms with Crippen LogP contribution in [-0.2, 0) is 24.4 Å². The molecule has 9 nitrogen and oxygen atoms in total. The number of hydrogen-bond acceptors (Lipinski definition) is 6. The van der Waals surface area contributed by atoms with Gasteiger partial charge in [0.1, 0.15) is 4.70 Å². The first-order valence-electron chi connectivity index (χ1n) is 11.1. The minimum atomic E-state index is -0.482. The van der Waals surface area contributed by atoms with Crippen LogP contribution in [0.15, 0.2) is 69.6 Å². The van der Waals surface area contributed by atoms with E-state index in [1.54, 1.807) is 23.6 Å². The Hall–Kier alpha value is -4.05. The minimum absolute atomic E-state index is 0.0348. The first kappa shape index (κ1) is 24.1. The van der Waals surface area contributed by atoms with Gasteiger partial charge in [0.05, 0.1) is 17.0 Å². The van der Waals surface area contributed by atoms with Crippen molar-refractivity contribution in [2.24, 2.45) is 0 Å². The van der Waals surface area contributed by atoms with Crippen molar-refractivity contribution >= 4 is 33.1 Å². The molecule has 4 aromatic rings. The second kappa shape index (κ2) is 10.5. The van der Waals surface area contributed by atoms with Gasteiger partial charge in [-0.05, 0) is 35.9 Å². The number of nitrogens with zero attached hydrogens (tertiary/aromatic N) is 3. The highest BCUT2D eigenvalue weighted by molar-refractivity contribution is 7.17. The number of non-ortho nitro benzene ring substituents is 1. The molecule has 0 spiro atoms. The van der Waals surface area contributed by atoms with Crippen LogP contribution in [-0.4, -0.2) is 20.0 Å². The molecule has 1 N–H and O–H groups in total. The van der Waals surface area contributed by atoms with E-state index in [9.17, 15) is 24.5 Å². The highest BCUT2D eigenvalue weighted by Crippen LogP contribution is 2.18. The number of hydrogen-bond donors (Lipinski definition) is 1. The first-order valence-corrected chi connectivity index (χ1v) is 12.0. The number of nitro benzene ring substituents is 1. The molecule has 35 heavy (non-hydrogen) atoms. The maximum Gasteiger partial charge on any atom is 0.331 e. The summed E-state index contributed by atoms with van der Waals surface area (Å²) in [5.74, 6) is -0.151. The quantitative estimate of drug-likeness (QED) is 0.283. The van der Waals surface area contributed by atoms with Gasteiger partial charge in [-0.3, -0.25) is 28.8 Å². The Kier molecular flexibility index (Phi) is 7.21. The summed E-state index contributed by atoms with van der Waals surface area (Å²) in [6, 6.07) is 15.6. The fourth-order valence-electron chi connectivity index (χ4n) is 3.78. The number of aromatic nitrogens is 2. The summed E-state index contributed by atoms with van der Waals surface area (Å²) in [6.07, 6.45) is 0.520. The summed E-state index contributed by atoms with van der Waals surface area (Å²) in [4.78, 5) is 48.8. The molecule has 2 aromatic heterocycles. The van der Waals surface area contributed by atoms with Crippen LogP contribution in [0.4, 0.5) is 5.69 Å². The zero-order chi connectivity index (χ0) is 24.9. The normalized spacial score (nSPS) is 11.0. The van der Waals surface area contributed by atoms with Crippen molar-refractivity contribution in [1.82, 2.24) is 14.5 Å². The van der Waals surface area contributed by atoms with Crippen LogP contribution in [0.1, 0.15) is 29.5 Å². The molecule has 2 aromatic carbocycles. The number of benzene rings is 2. The van der Waals surface area contributed by atoms with Crippen LogP contribution in [0.5, 0.6) is 0 Å². The number of fused-ring (bicyclic) bond motifs is 1. The topological polar surface area (TPSA) is 116 Å². The number of amides is 1. The van der Waals surface area contributed by atoms with Crippen molar-refractivity contribution < 1.29 is 9.72 Å². The van der Waals surface area contributed by atoms with Crippen molar-refractivity contribution in [2.75, 3.05) is 0 Å². The smallest absolute Gasteiger partial charge is 0.331 e. The molecule has 0 bridgehead atoms. The van der Waals surface area contributed by atoms with Crippen molar-refractivity contribution in [3.63, 3.8) is 0 Å². The van der Waals surface area contributed by atoms with Crippen LogP contribution in [0, 0.1) is 17.0 Å². The highest BCUT2D eigenvalue weighted by Gasteiger charge is 2.15. The Morgan fingerprint density at radius 3 is 2.37 bits per heavy atom. The first-order chi connectivity index (χ1) is 16.8. The maximum absolute atomic E-state index is 13.2. The molecule has 0 aliphatic carbocycles. The van der Waals surface area contributed by atoms with E-state index in [2.05, 4.69) is 5.32 Å². The number of aryl methyl sites for hydroxylation is 1. The molecule has 0 fully saturated rings. The van der Waals surface area contributed by atoms with E-state index in [4.69, 9.17) is 0 Å². The van der Waals surface area contributed by atoms with Gasteiger partial charge < -0.3 is 5.32 Å². The van der Waals surface area contributed by atoms with Crippen molar-refractivity contribution in [3.8, 4) is 0 Å². The third kappa shape index (κ3) is 5.55. The summed E-state index contributed by atoms with van der Waals surface area (Å²) in [6.45, 7) is 2.70. The van der Waals surface area contributed by atoms with E-state index in [-0.39, 0.29) is 36.7 Å². The molecule has 180 valence electrons. The third-order valence-corrected chi connectivity index (χ3v) is 6.61. The summed E-state index contributed by atoms with van der Waals surface area (Å²) in [5, 5.41) is 15.5. The fourth-order valence-corrected chi connectivity index (χ4v) is 4.62. The number of nitro groups is 1. The molecule has 4 rings (SSSR count). The lowest BCUT2D eigenvalue weighted by Gasteiger charge is -2.12. The van der Waals surface area contributed by atoms with E-state index >= 15 is 0 Å².